The number of nitrogens with zero attached hydrogens (tertiary/aromatic N) is 4. The SMILES string of the molecule is CN(C)[C@]1(c2ccccc2)CC[C@]2(CC1)CN(c1ccc(N3CCNCC3)nc1)C(O)N2. The third-order valence-electron chi connectivity index (χ3n) is 7.91. The van der Waals surface area contributed by atoms with E-state index in [1.807, 2.05) is 6.20 Å². The minimum atomic E-state index is -0.676. The van der Waals surface area contributed by atoms with Gasteiger partial charge in [-0.15, -0.1) is 0 Å². The predicted molar refractivity (Wildman–Crippen MR) is 129 cm³/mol. The number of hydrogen-bond donors (Lipinski definition) is 3. The van der Waals surface area contributed by atoms with Gasteiger partial charge in [-0.1, -0.05) is 30.3 Å². The Morgan fingerprint density at radius 2 is 1.72 bits per heavy atom. The van der Waals surface area contributed by atoms with Crippen LogP contribution in [0.3, 0.4) is 0 Å². The van der Waals surface area contributed by atoms with E-state index in [9.17, 15) is 5.11 Å². The number of nitrogens with one attached hydrogen (secondary N) is 2. The molecule has 0 amide bonds. The Labute approximate surface area is 191 Å². The number of aliphatic hydroxyl groups excluding tert-OH is 1. The molecule has 1 aromatic heterocycles. The van der Waals surface area contributed by atoms with E-state index >= 15 is 0 Å². The lowest BCUT2D eigenvalue weighted by molar-refractivity contribution is 0.0513. The van der Waals surface area contributed by atoms with Crippen molar-refractivity contribution in [1.82, 2.24) is 20.5 Å². The lowest BCUT2D eigenvalue weighted by Crippen LogP contribution is -2.54. The van der Waals surface area contributed by atoms with Gasteiger partial charge < -0.3 is 20.2 Å². The first-order valence-corrected chi connectivity index (χ1v) is 11.9. The highest BCUT2D eigenvalue weighted by molar-refractivity contribution is 5.52. The van der Waals surface area contributed by atoms with Gasteiger partial charge in [0.05, 0.1) is 11.9 Å². The number of hydrogen-bond acceptors (Lipinski definition) is 7. The normalized spacial score (nSPS) is 30.9. The zero-order valence-corrected chi connectivity index (χ0v) is 19.3. The van der Waals surface area contributed by atoms with Crippen molar-refractivity contribution in [3.63, 3.8) is 0 Å². The molecule has 3 heterocycles. The lowest BCUT2D eigenvalue weighted by Gasteiger charge is -2.49. The summed E-state index contributed by atoms with van der Waals surface area (Å²) in [7, 11) is 4.39. The largest absolute Gasteiger partial charge is 0.361 e. The van der Waals surface area contributed by atoms with Gasteiger partial charge in [-0.05, 0) is 57.5 Å². The number of piperazine rings is 1. The Morgan fingerprint density at radius 1 is 1.00 bits per heavy atom. The number of aliphatic hydroxyl groups is 1. The molecule has 1 aliphatic carbocycles. The fourth-order valence-electron chi connectivity index (χ4n) is 5.86. The van der Waals surface area contributed by atoms with E-state index < -0.39 is 6.35 Å². The topological polar surface area (TPSA) is 66.9 Å². The van der Waals surface area contributed by atoms with Crippen LogP contribution in [0.5, 0.6) is 0 Å². The van der Waals surface area contributed by atoms with Crippen LogP contribution in [0.2, 0.25) is 0 Å². The summed E-state index contributed by atoms with van der Waals surface area (Å²) in [4.78, 5) is 11.5. The lowest BCUT2D eigenvalue weighted by atomic mass is 9.69. The van der Waals surface area contributed by atoms with Gasteiger partial charge in [0.25, 0.3) is 0 Å². The summed E-state index contributed by atoms with van der Waals surface area (Å²) in [6, 6.07) is 15.1. The molecule has 3 N–H and O–H groups in total. The summed E-state index contributed by atoms with van der Waals surface area (Å²) < 4.78 is 0. The average molecular weight is 437 g/mol. The molecule has 1 spiro atoms. The van der Waals surface area contributed by atoms with E-state index in [4.69, 9.17) is 4.98 Å². The highest BCUT2D eigenvalue weighted by Gasteiger charge is 2.50. The van der Waals surface area contributed by atoms with Crippen molar-refractivity contribution < 1.29 is 5.11 Å². The van der Waals surface area contributed by atoms with E-state index in [2.05, 4.69) is 81.9 Å². The molecule has 3 aliphatic rings. The van der Waals surface area contributed by atoms with Gasteiger partial charge in [0.2, 0.25) is 0 Å². The van der Waals surface area contributed by atoms with Crippen molar-refractivity contribution in [3.05, 3.63) is 54.2 Å². The number of pyridine rings is 1. The summed E-state index contributed by atoms with van der Waals surface area (Å²) in [6.07, 6.45) is 5.43. The number of benzene rings is 1. The second-order valence-corrected chi connectivity index (χ2v) is 9.83. The number of rotatable bonds is 4. The molecular weight excluding hydrogens is 400 g/mol. The van der Waals surface area contributed by atoms with E-state index in [-0.39, 0.29) is 11.1 Å². The third kappa shape index (κ3) is 3.88. The summed E-state index contributed by atoms with van der Waals surface area (Å²) >= 11 is 0. The maximum Gasteiger partial charge on any atom is 0.184 e. The van der Waals surface area contributed by atoms with E-state index in [1.54, 1.807) is 0 Å². The maximum atomic E-state index is 10.9. The van der Waals surface area contributed by atoms with Crippen LogP contribution < -0.4 is 20.4 Å². The molecule has 1 aromatic carbocycles. The number of anilines is 2. The molecular formula is C25H36N6O. The molecule has 1 saturated carbocycles. The monoisotopic (exact) mass is 436 g/mol. The Morgan fingerprint density at radius 3 is 2.34 bits per heavy atom. The first-order chi connectivity index (χ1) is 15.5. The number of aromatic nitrogens is 1. The van der Waals surface area contributed by atoms with Crippen LogP contribution in [0.1, 0.15) is 31.2 Å². The molecule has 3 fully saturated rings. The van der Waals surface area contributed by atoms with E-state index in [1.165, 1.54) is 5.56 Å². The van der Waals surface area contributed by atoms with Gasteiger partial charge in [-0.3, -0.25) is 10.2 Å². The fourth-order valence-corrected chi connectivity index (χ4v) is 5.86. The van der Waals surface area contributed by atoms with Crippen molar-refractivity contribution in [2.45, 2.75) is 43.1 Å². The fraction of sp³-hybridized carbons (Fsp3) is 0.560. The second-order valence-electron chi connectivity index (χ2n) is 9.83. The molecule has 0 bridgehead atoms. The van der Waals surface area contributed by atoms with Gasteiger partial charge in [-0.25, -0.2) is 4.98 Å². The quantitative estimate of drug-likeness (QED) is 0.677. The summed E-state index contributed by atoms with van der Waals surface area (Å²) in [5, 5.41) is 17.8. The smallest absolute Gasteiger partial charge is 0.184 e. The van der Waals surface area contributed by atoms with E-state index in [0.717, 1.165) is 69.9 Å². The molecule has 1 unspecified atom stereocenters. The first-order valence-electron chi connectivity index (χ1n) is 11.9. The van der Waals surface area contributed by atoms with Crippen LogP contribution in [0.4, 0.5) is 11.5 Å². The maximum absolute atomic E-state index is 10.9. The van der Waals surface area contributed by atoms with Gasteiger partial charge in [0.15, 0.2) is 6.35 Å². The minimum absolute atomic E-state index is 0.0546. The van der Waals surface area contributed by atoms with Crippen LogP contribution >= 0.6 is 0 Å². The van der Waals surface area contributed by atoms with Crippen LogP contribution in [-0.4, -0.2) is 73.7 Å². The average Bonchev–Trinajstić information content (AvgIpc) is 3.16. The molecule has 2 aromatic rings. The molecule has 2 saturated heterocycles. The minimum Gasteiger partial charge on any atom is -0.361 e. The second kappa shape index (κ2) is 8.63. The summed E-state index contributed by atoms with van der Waals surface area (Å²) in [5.74, 6) is 1.02. The van der Waals surface area contributed by atoms with Crippen molar-refractivity contribution in [1.29, 1.82) is 0 Å². The van der Waals surface area contributed by atoms with Gasteiger partial charge in [0, 0.05) is 43.8 Å². The van der Waals surface area contributed by atoms with Crippen LogP contribution in [0.15, 0.2) is 48.7 Å². The highest BCUT2D eigenvalue weighted by atomic mass is 16.3. The Kier molecular flexibility index (Phi) is 5.84. The Hall–Kier alpha value is -2.19. The molecule has 0 radical (unpaired) electrons. The van der Waals surface area contributed by atoms with Crippen LogP contribution in [0.25, 0.3) is 0 Å². The third-order valence-corrected chi connectivity index (χ3v) is 7.91. The Bertz CT molecular complexity index is 888. The molecule has 32 heavy (non-hydrogen) atoms. The van der Waals surface area contributed by atoms with Gasteiger partial charge >= 0.3 is 0 Å². The zero-order valence-electron chi connectivity index (χ0n) is 19.3. The Balaban J connectivity index is 1.29. The summed E-state index contributed by atoms with van der Waals surface area (Å²) in [6.45, 7) is 4.77. The summed E-state index contributed by atoms with van der Waals surface area (Å²) in [5.41, 5.74) is 2.36. The molecule has 1 atom stereocenters. The van der Waals surface area contributed by atoms with Crippen molar-refractivity contribution in [2.75, 3.05) is 56.6 Å². The molecule has 2 aliphatic heterocycles. The molecule has 172 valence electrons. The predicted octanol–water partition coefficient (Wildman–Crippen LogP) is 1.95. The zero-order chi connectivity index (χ0) is 22.2. The molecule has 7 nitrogen and oxygen atoms in total. The van der Waals surface area contributed by atoms with Crippen molar-refractivity contribution in [3.8, 4) is 0 Å². The van der Waals surface area contributed by atoms with Gasteiger partial charge in [-0.2, -0.15) is 0 Å². The van der Waals surface area contributed by atoms with Crippen molar-refractivity contribution in [2.24, 2.45) is 0 Å². The van der Waals surface area contributed by atoms with Crippen LogP contribution in [-0.2, 0) is 5.54 Å². The first kappa shape index (κ1) is 21.6. The van der Waals surface area contributed by atoms with Crippen LogP contribution in [0, 0.1) is 0 Å². The molecule has 5 rings (SSSR count). The highest BCUT2D eigenvalue weighted by Crippen LogP contribution is 2.46. The molecule has 7 heteroatoms. The van der Waals surface area contributed by atoms with Gasteiger partial charge in [0.1, 0.15) is 5.82 Å². The standard InChI is InChI=1S/C25H36N6O/c1-29(2)25(20-6-4-3-5-7-20)12-10-24(11-13-25)19-31(23(32)28-24)21-8-9-22(27-18-21)30-16-14-26-15-17-30/h3-9,18,23,26,28,32H,10-17,19H2,1-2H3/t23?,24-,25+. The van der Waals surface area contributed by atoms with E-state index in [0.29, 0.717) is 0 Å². The van der Waals surface area contributed by atoms with Crippen molar-refractivity contribution >= 4 is 11.5 Å².